The number of aliphatic hydroxyl groups is 3. The SMILES string of the molecule is C=C(C)CO[C@H](C[C@H](C(C)C)N(C)C(=O)[C@@H](NC(=O)[C@H]1CCCC[N+]1(C)Cc1ccc(O[C@@H]2O[C@H](C(=O)O)[C@@H](O)[C@H](O)[C@H]2O)c(NC(=O)OCCOCCOCCOCCOCCOCCOCCOCCOCCOCCOCCOCCC(=O)NCCCC[C@H](NC(=O)[C@H](CN)N2C(=O)C=CC2=O)C(=O)NCCC)c1)[C@@H](C)CC)c1nc(C(=O)N[C@@H](Cc2ccccc2)C[C@H](C)C(=O)O)cs1. The monoisotopic (exact) mass is 1970 g/mol. The molecule has 0 spiro atoms. The number of aliphatic carboxylic acids is 2. The topological polar surface area (TPSA) is 545 Å². The van der Waals surface area contributed by atoms with Crippen LogP contribution < -0.4 is 42.4 Å². The summed E-state index contributed by atoms with van der Waals surface area (Å²) in [5.74, 6) is -7.68. The number of hydrogen-bond acceptors (Lipinski definition) is 32. The molecular formula is C95H150N11O31S+. The molecule has 1 aromatic heterocycles. The van der Waals surface area contributed by atoms with Gasteiger partial charge in [0.25, 0.3) is 23.6 Å². The number of rotatable bonds is 74. The molecular weight excluding hydrogens is 1820 g/mol. The lowest BCUT2D eigenvalue weighted by Crippen LogP contribution is -2.63. The molecule has 42 nitrogen and oxygen atoms in total. The lowest BCUT2D eigenvalue weighted by molar-refractivity contribution is -0.942. The predicted octanol–water partition coefficient (Wildman–Crippen LogP) is 3.77. The van der Waals surface area contributed by atoms with Crippen LogP contribution >= 0.6 is 11.3 Å². The second-order valence-corrected chi connectivity index (χ2v) is 35.6. The number of carboxylic acid groups (broad SMARTS) is 2. The van der Waals surface area contributed by atoms with Gasteiger partial charge in [-0.05, 0) is 93.9 Å². The van der Waals surface area contributed by atoms with E-state index in [1.54, 1.807) is 36.4 Å². The number of ether oxygens (including phenoxy) is 15. The number of amides is 9. The van der Waals surface area contributed by atoms with Crippen molar-refractivity contribution in [1.82, 2.24) is 41.4 Å². The third-order valence-corrected chi connectivity index (χ3v) is 24.2. The number of carboxylic acids is 2. The molecule has 3 aliphatic rings. The number of unbranched alkanes of at least 4 members (excludes halogenated alkanes) is 1. The van der Waals surface area contributed by atoms with Crippen molar-refractivity contribution in [2.45, 2.75) is 205 Å². The van der Waals surface area contributed by atoms with Crippen molar-refractivity contribution in [1.29, 1.82) is 0 Å². The highest BCUT2D eigenvalue weighted by atomic mass is 32.1. The number of piperidine rings is 1. The number of likely N-dealkylation sites (tertiary alicyclic amines) is 1. The van der Waals surface area contributed by atoms with Gasteiger partial charge in [-0.15, -0.1) is 11.3 Å². The van der Waals surface area contributed by atoms with Gasteiger partial charge in [0.1, 0.15) is 72.1 Å². The number of thiazole rings is 1. The fraction of sp³-hybridized carbons (Fsp3) is 0.684. The van der Waals surface area contributed by atoms with Gasteiger partial charge in [0.15, 0.2) is 12.1 Å². The lowest BCUT2D eigenvalue weighted by atomic mass is 9.92. The minimum Gasteiger partial charge on any atom is -0.481 e. The number of nitrogens with two attached hydrogens (primary N) is 1. The summed E-state index contributed by atoms with van der Waals surface area (Å²) in [5.41, 5.74) is 8.12. The van der Waals surface area contributed by atoms with E-state index in [0.29, 0.717) is 187 Å². The van der Waals surface area contributed by atoms with E-state index in [1.165, 1.54) is 17.4 Å². The Morgan fingerprint density at radius 2 is 1.22 bits per heavy atom. The van der Waals surface area contributed by atoms with Crippen LogP contribution in [0.3, 0.4) is 0 Å². The minimum absolute atomic E-state index is 0.0197. The zero-order valence-electron chi connectivity index (χ0n) is 81.3. The van der Waals surface area contributed by atoms with Crippen LogP contribution in [0.15, 0.2) is 78.2 Å². The normalized spacial score (nSPS) is 19.4. The van der Waals surface area contributed by atoms with Crippen LogP contribution in [-0.2, 0) is 122 Å². The summed E-state index contributed by atoms with van der Waals surface area (Å²) in [5, 5.41) is 70.9. The summed E-state index contributed by atoms with van der Waals surface area (Å²) in [6, 6.07) is 9.37. The fourth-order valence-corrected chi connectivity index (χ4v) is 16.2. The maximum Gasteiger partial charge on any atom is 0.411 e. The van der Waals surface area contributed by atoms with Crippen LogP contribution in [0.4, 0.5) is 10.5 Å². The minimum atomic E-state index is -2.01. The molecule has 0 radical (unpaired) electrons. The third-order valence-electron chi connectivity index (χ3n) is 23.2. The van der Waals surface area contributed by atoms with E-state index >= 15 is 9.59 Å². The molecule has 13 N–H and O–H groups in total. The van der Waals surface area contributed by atoms with Crippen molar-refractivity contribution >= 4 is 82.3 Å². The Morgan fingerprint density at radius 1 is 0.667 bits per heavy atom. The smallest absolute Gasteiger partial charge is 0.411 e. The van der Waals surface area contributed by atoms with E-state index < -0.39 is 127 Å². The first kappa shape index (κ1) is 118. The van der Waals surface area contributed by atoms with Gasteiger partial charge < -0.3 is 138 Å². The summed E-state index contributed by atoms with van der Waals surface area (Å²) < 4.78 is 84.8. The number of hydrogen-bond donors (Lipinski definition) is 12. The molecule has 3 aliphatic heterocycles. The highest BCUT2D eigenvalue weighted by Crippen LogP contribution is 2.36. The first-order valence-electron chi connectivity index (χ1n) is 47.6. The zero-order chi connectivity index (χ0) is 101. The first-order chi connectivity index (χ1) is 66.3. The van der Waals surface area contributed by atoms with E-state index in [4.69, 9.17) is 81.8 Å². The number of nitrogens with zero attached hydrogens (tertiary/aromatic N) is 4. The number of anilines is 1. The lowest BCUT2D eigenvalue weighted by Gasteiger charge is -2.44. The molecule has 0 bridgehead atoms. The number of nitrogens with one attached hydrogen (secondary N) is 6. The standard InChI is InChI=1S/C95H149N11O31S/c1-11-29-98-86(113)70(100-88(115)74(59-96)105-79(108)26-27-80(105)109)22-16-18-30-97-78(107)28-32-123-33-34-124-35-36-125-37-38-126-39-40-127-41-42-128-43-44-129-45-46-130-47-48-131-49-50-132-51-52-133-53-54-134-95(122)102-71-57-68(24-25-76(71)136-94-84(112)82(110)83(111)85(137-94)93(120)121)60-106(10)31-19-17-23-75(106)89(116)103-81(65(7)12-2)91(117)104(9)73(64(5)6)58-77(135-61-63(3)4)90-101-72(62-138-90)87(114)99-69(55-66(8)92(118)119)56-67-20-14-13-15-21-67/h13-15,20-21,24-27,57,62,64-66,69-70,73-75,77,81-85,94,110-112H,3,11-12,16-19,22-23,28-56,58-61,96H2,1-2,4-10H3,(H7-,97,98,99,100,102,103,107,113,114,115,116,118,119,120,121,122)/p+1/t65-,66-,69+,70-,73+,74-,75+,77+,81-,82-,83-,84+,85-,94+,106?/m0/s1. The quantitative estimate of drug-likeness (QED) is 0.0166. The second kappa shape index (κ2) is 65.7. The number of aromatic nitrogens is 1. The van der Waals surface area contributed by atoms with Crippen LogP contribution in [0.2, 0.25) is 0 Å². The second-order valence-electron chi connectivity index (χ2n) is 34.7. The molecule has 2 saturated heterocycles. The number of imide groups is 1. The molecule has 6 rings (SSSR count). The van der Waals surface area contributed by atoms with E-state index in [0.717, 1.165) is 34.6 Å². The highest BCUT2D eigenvalue weighted by Gasteiger charge is 2.49. The molecule has 0 saturated carbocycles. The van der Waals surface area contributed by atoms with E-state index in [-0.39, 0.29) is 136 Å². The maximum atomic E-state index is 15.2. The highest BCUT2D eigenvalue weighted by molar-refractivity contribution is 7.09. The summed E-state index contributed by atoms with van der Waals surface area (Å²) in [4.78, 5) is 152. The van der Waals surface area contributed by atoms with Crippen LogP contribution in [0.1, 0.15) is 152 Å². The van der Waals surface area contributed by atoms with Gasteiger partial charge >= 0.3 is 18.0 Å². The van der Waals surface area contributed by atoms with Crippen molar-refractivity contribution in [2.75, 3.05) is 204 Å². The Bertz CT molecular complexity index is 4180. The molecule has 4 heterocycles. The van der Waals surface area contributed by atoms with Gasteiger partial charge in [-0.25, -0.2) is 14.6 Å². The largest absolute Gasteiger partial charge is 0.481 e. The number of likely N-dealkylation sites (N-methyl/N-ethyl adjacent to an activating group) is 2. The summed E-state index contributed by atoms with van der Waals surface area (Å²) in [6.07, 6.45) is -3.88. The van der Waals surface area contributed by atoms with Gasteiger partial charge in [-0.2, -0.15) is 0 Å². The molecule has 15 atom stereocenters. The molecule has 2 fully saturated rings. The van der Waals surface area contributed by atoms with Gasteiger partial charge in [0.2, 0.25) is 29.9 Å². The molecule has 3 aromatic rings. The first-order valence-corrected chi connectivity index (χ1v) is 48.5. The predicted molar refractivity (Wildman–Crippen MR) is 504 cm³/mol. The number of carbonyl (C=O) groups excluding carboxylic acids is 9. The molecule has 1 unspecified atom stereocenters. The van der Waals surface area contributed by atoms with E-state index in [1.807, 2.05) is 78.9 Å². The molecule has 2 aromatic carbocycles. The van der Waals surface area contributed by atoms with E-state index in [2.05, 4.69) is 38.5 Å². The Labute approximate surface area is 812 Å². The molecule has 43 heteroatoms. The Hall–Kier alpha value is -9.20. The van der Waals surface area contributed by atoms with Crippen molar-refractivity contribution in [3.63, 3.8) is 0 Å². The molecule has 776 valence electrons. The maximum absolute atomic E-state index is 15.2. The Morgan fingerprint density at radius 3 is 1.75 bits per heavy atom. The Balaban J connectivity index is 0.811. The molecule has 9 amide bonds. The summed E-state index contributed by atoms with van der Waals surface area (Å²) >= 11 is 1.24. The van der Waals surface area contributed by atoms with Gasteiger partial charge in [-0.1, -0.05) is 90.4 Å². The number of aliphatic hydroxyl groups excluding tert-OH is 3. The Kier molecular flexibility index (Phi) is 56.0. The van der Waals surface area contributed by atoms with Crippen molar-refractivity contribution in [3.05, 3.63) is 100 Å². The van der Waals surface area contributed by atoms with Crippen LogP contribution in [0.25, 0.3) is 0 Å². The van der Waals surface area contributed by atoms with E-state index in [9.17, 15) is 68.7 Å². The zero-order valence-corrected chi connectivity index (χ0v) is 82.2. The van der Waals surface area contributed by atoms with Crippen molar-refractivity contribution < 1.29 is 154 Å². The molecule has 138 heavy (non-hydrogen) atoms. The fourth-order valence-electron chi connectivity index (χ4n) is 15.3. The van der Waals surface area contributed by atoms with Crippen LogP contribution in [-0.4, -0.2) is 376 Å². The number of benzene rings is 2. The van der Waals surface area contributed by atoms with Gasteiger partial charge in [0.05, 0.1) is 177 Å². The average Bonchev–Trinajstić information content (AvgIpc) is 1.02. The number of carbonyl (C=O) groups is 11. The number of quaternary nitrogens is 1. The average molecular weight is 1970 g/mol. The van der Waals surface area contributed by atoms with Gasteiger partial charge in [-0.3, -0.25) is 53.4 Å². The van der Waals surface area contributed by atoms with Crippen molar-refractivity contribution in [2.24, 2.45) is 23.5 Å². The van der Waals surface area contributed by atoms with Gasteiger partial charge in [0, 0.05) is 81.1 Å². The van der Waals surface area contributed by atoms with Crippen molar-refractivity contribution in [3.8, 4) is 5.75 Å². The van der Waals surface area contributed by atoms with Crippen LogP contribution in [0, 0.1) is 17.8 Å². The molecule has 0 aliphatic carbocycles. The summed E-state index contributed by atoms with van der Waals surface area (Å²) in [6.45, 7) is 25.4. The summed E-state index contributed by atoms with van der Waals surface area (Å²) in [7, 11) is 3.65. The van der Waals surface area contributed by atoms with Crippen LogP contribution in [0.5, 0.6) is 5.75 Å². The third kappa shape index (κ3) is 42.7.